The van der Waals surface area contributed by atoms with Crippen LogP contribution in [0.5, 0.6) is 0 Å². The predicted molar refractivity (Wildman–Crippen MR) is 70.8 cm³/mol. The molecule has 0 spiro atoms. The highest BCUT2D eigenvalue weighted by Crippen LogP contribution is 2.08. The van der Waals surface area contributed by atoms with Gasteiger partial charge in [0.25, 0.3) is 0 Å². The fourth-order valence-corrected chi connectivity index (χ4v) is 2.69. The maximum atomic E-state index is 12.9. The summed E-state index contributed by atoms with van der Waals surface area (Å²) in [5, 5.41) is 3.44. The van der Waals surface area contributed by atoms with Crippen molar-refractivity contribution in [2.24, 2.45) is 5.92 Å². The minimum Gasteiger partial charge on any atom is -0.309 e. The highest BCUT2D eigenvalue weighted by molar-refractivity contribution is 14.1. The molecule has 0 bridgehead atoms. The molecule has 0 aliphatic carbocycles. The van der Waals surface area contributed by atoms with Gasteiger partial charge in [0.2, 0.25) is 0 Å². The predicted octanol–water partition coefficient (Wildman–Crippen LogP) is 3.37. The van der Waals surface area contributed by atoms with Gasteiger partial charge in [-0.1, -0.05) is 48.6 Å². The lowest BCUT2D eigenvalue weighted by molar-refractivity contribution is 0.436. The molecule has 1 N–H and O–H groups in total. The van der Waals surface area contributed by atoms with Crippen LogP contribution in [0.25, 0.3) is 0 Å². The van der Waals surface area contributed by atoms with Crippen LogP contribution in [0.15, 0.2) is 24.3 Å². The minimum atomic E-state index is -0.162. The van der Waals surface area contributed by atoms with Crippen LogP contribution in [0.4, 0.5) is 4.39 Å². The van der Waals surface area contributed by atoms with Gasteiger partial charge in [-0.25, -0.2) is 4.39 Å². The lowest BCUT2D eigenvalue weighted by Crippen LogP contribution is -2.34. The van der Waals surface area contributed by atoms with Crippen molar-refractivity contribution in [1.82, 2.24) is 5.32 Å². The van der Waals surface area contributed by atoms with Crippen molar-refractivity contribution in [2.75, 3.05) is 4.43 Å². The maximum Gasteiger partial charge on any atom is 0.123 e. The van der Waals surface area contributed by atoms with E-state index >= 15 is 0 Å². The summed E-state index contributed by atoms with van der Waals surface area (Å²) < 4.78 is 14.0. The van der Waals surface area contributed by atoms with Gasteiger partial charge in [0.15, 0.2) is 0 Å². The first-order valence-electron chi connectivity index (χ1n) is 5.17. The van der Waals surface area contributed by atoms with Crippen molar-refractivity contribution in [3.8, 4) is 0 Å². The standard InChI is InChI=1S/C12H17FIN/c1-9(2)12(7-14)15-8-10-4-3-5-11(13)6-10/h3-6,9,12,15H,7-8H2,1-2H3. The molecule has 0 saturated heterocycles. The van der Waals surface area contributed by atoms with Gasteiger partial charge in [-0.2, -0.15) is 0 Å². The fourth-order valence-electron chi connectivity index (χ4n) is 1.36. The largest absolute Gasteiger partial charge is 0.309 e. The van der Waals surface area contributed by atoms with Gasteiger partial charge in [-0.05, 0) is 23.6 Å². The summed E-state index contributed by atoms with van der Waals surface area (Å²) in [6.45, 7) is 5.13. The highest BCUT2D eigenvalue weighted by atomic mass is 127. The summed E-state index contributed by atoms with van der Waals surface area (Å²) in [6, 6.07) is 7.25. The van der Waals surface area contributed by atoms with E-state index in [1.807, 2.05) is 6.07 Å². The Labute approximate surface area is 105 Å². The van der Waals surface area contributed by atoms with E-state index in [-0.39, 0.29) is 5.82 Å². The first-order valence-corrected chi connectivity index (χ1v) is 6.70. The van der Waals surface area contributed by atoms with Crippen LogP contribution in [0, 0.1) is 11.7 Å². The number of rotatable bonds is 5. The fraction of sp³-hybridized carbons (Fsp3) is 0.500. The Balaban J connectivity index is 2.49. The van der Waals surface area contributed by atoms with E-state index in [9.17, 15) is 4.39 Å². The second-order valence-corrected chi connectivity index (χ2v) is 4.90. The Morgan fingerprint density at radius 1 is 1.40 bits per heavy atom. The zero-order chi connectivity index (χ0) is 11.3. The Kier molecular flexibility index (Phi) is 5.53. The molecule has 1 nitrogen and oxygen atoms in total. The summed E-state index contributed by atoms with van der Waals surface area (Å²) in [5.74, 6) is 0.445. The Hall–Kier alpha value is -0.160. The number of nitrogens with one attached hydrogen (secondary N) is 1. The third kappa shape index (κ3) is 4.47. The van der Waals surface area contributed by atoms with Crippen LogP contribution in [-0.2, 0) is 6.54 Å². The van der Waals surface area contributed by atoms with Gasteiger partial charge in [0.1, 0.15) is 5.82 Å². The SMILES string of the molecule is CC(C)C(CI)NCc1cccc(F)c1. The molecule has 84 valence electrons. The monoisotopic (exact) mass is 321 g/mol. The van der Waals surface area contributed by atoms with Crippen molar-refractivity contribution in [1.29, 1.82) is 0 Å². The number of hydrogen-bond acceptors (Lipinski definition) is 1. The molecule has 0 heterocycles. The van der Waals surface area contributed by atoms with Crippen LogP contribution in [-0.4, -0.2) is 10.5 Å². The van der Waals surface area contributed by atoms with Crippen molar-refractivity contribution >= 4 is 22.6 Å². The average Bonchev–Trinajstić information content (AvgIpc) is 2.18. The Morgan fingerprint density at radius 2 is 2.13 bits per heavy atom. The van der Waals surface area contributed by atoms with Crippen molar-refractivity contribution in [3.05, 3.63) is 35.6 Å². The molecule has 1 aromatic rings. The number of alkyl halides is 1. The number of halogens is 2. The van der Waals surface area contributed by atoms with E-state index in [2.05, 4.69) is 41.8 Å². The molecule has 0 aliphatic heterocycles. The molecule has 0 saturated carbocycles. The molecular weight excluding hydrogens is 304 g/mol. The van der Waals surface area contributed by atoms with Gasteiger partial charge in [-0.3, -0.25) is 0 Å². The average molecular weight is 321 g/mol. The Bertz CT molecular complexity index is 301. The van der Waals surface area contributed by atoms with E-state index in [1.54, 1.807) is 12.1 Å². The molecule has 0 aliphatic rings. The van der Waals surface area contributed by atoms with Gasteiger partial charge in [-0.15, -0.1) is 0 Å². The van der Waals surface area contributed by atoms with E-state index in [0.717, 1.165) is 16.5 Å². The minimum absolute atomic E-state index is 0.162. The summed E-state index contributed by atoms with van der Waals surface area (Å²) in [7, 11) is 0. The number of hydrogen-bond donors (Lipinski definition) is 1. The van der Waals surface area contributed by atoms with E-state index in [1.165, 1.54) is 6.07 Å². The highest BCUT2D eigenvalue weighted by Gasteiger charge is 2.10. The van der Waals surface area contributed by atoms with Gasteiger partial charge in [0.05, 0.1) is 0 Å². The number of benzene rings is 1. The smallest absolute Gasteiger partial charge is 0.123 e. The van der Waals surface area contributed by atoms with Crippen LogP contribution in [0.1, 0.15) is 19.4 Å². The second-order valence-electron chi connectivity index (χ2n) is 4.02. The van der Waals surface area contributed by atoms with E-state index in [4.69, 9.17) is 0 Å². The summed E-state index contributed by atoms with van der Waals surface area (Å²) in [4.78, 5) is 0. The third-order valence-electron chi connectivity index (χ3n) is 2.43. The summed E-state index contributed by atoms with van der Waals surface area (Å²) in [5.41, 5.74) is 1.01. The second kappa shape index (κ2) is 6.43. The first-order chi connectivity index (χ1) is 7.13. The van der Waals surface area contributed by atoms with Crippen LogP contribution >= 0.6 is 22.6 Å². The molecule has 15 heavy (non-hydrogen) atoms. The topological polar surface area (TPSA) is 12.0 Å². The molecule has 1 rings (SSSR count). The van der Waals surface area contributed by atoms with Crippen molar-refractivity contribution in [3.63, 3.8) is 0 Å². The van der Waals surface area contributed by atoms with Crippen molar-refractivity contribution < 1.29 is 4.39 Å². The molecule has 0 fully saturated rings. The molecular formula is C12H17FIN. The van der Waals surface area contributed by atoms with E-state index in [0.29, 0.717) is 12.0 Å². The van der Waals surface area contributed by atoms with Crippen molar-refractivity contribution in [2.45, 2.75) is 26.4 Å². The molecule has 0 aromatic heterocycles. The lowest BCUT2D eigenvalue weighted by atomic mass is 10.1. The van der Waals surface area contributed by atoms with E-state index < -0.39 is 0 Å². The van der Waals surface area contributed by atoms with Crippen LogP contribution < -0.4 is 5.32 Å². The van der Waals surface area contributed by atoms with Crippen LogP contribution in [0.2, 0.25) is 0 Å². The maximum absolute atomic E-state index is 12.9. The third-order valence-corrected chi connectivity index (χ3v) is 3.38. The Morgan fingerprint density at radius 3 is 2.67 bits per heavy atom. The zero-order valence-corrected chi connectivity index (χ0v) is 11.3. The molecule has 3 heteroatoms. The molecule has 0 amide bonds. The summed E-state index contributed by atoms with van der Waals surface area (Å²) in [6.07, 6.45) is 0. The lowest BCUT2D eigenvalue weighted by Gasteiger charge is -2.19. The van der Waals surface area contributed by atoms with Gasteiger partial charge in [0, 0.05) is 17.0 Å². The van der Waals surface area contributed by atoms with Gasteiger partial charge < -0.3 is 5.32 Å². The van der Waals surface area contributed by atoms with Gasteiger partial charge >= 0.3 is 0 Å². The first kappa shape index (κ1) is 12.9. The summed E-state index contributed by atoms with van der Waals surface area (Å²) >= 11 is 2.38. The van der Waals surface area contributed by atoms with Crippen LogP contribution in [0.3, 0.4) is 0 Å². The quantitative estimate of drug-likeness (QED) is 0.648. The zero-order valence-electron chi connectivity index (χ0n) is 9.13. The molecule has 1 aromatic carbocycles. The molecule has 1 atom stereocenters. The normalized spacial score (nSPS) is 13.1. The molecule has 0 radical (unpaired) electrons. The molecule has 1 unspecified atom stereocenters.